The van der Waals surface area contributed by atoms with Gasteiger partial charge >= 0.3 is 0 Å². The third-order valence-corrected chi connectivity index (χ3v) is 4.28. The SMILES string of the molecule is c1ccc(Cn2ncc3[nH]c(-c4ccc(-n5cncn5)cc4)nc32)cc1. The van der Waals surface area contributed by atoms with Gasteiger partial charge in [0.2, 0.25) is 0 Å². The van der Waals surface area contributed by atoms with E-state index >= 15 is 0 Å². The highest BCUT2D eigenvalue weighted by Crippen LogP contribution is 2.22. The van der Waals surface area contributed by atoms with Gasteiger partial charge in [0.25, 0.3) is 0 Å². The Morgan fingerprint density at radius 3 is 2.54 bits per heavy atom. The molecule has 3 heterocycles. The highest BCUT2D eigenvalue weighted by Gasteiger charge is 2.11. The zero-order valence-electron chi connectivity index (χ0n) is 13.8. The molecule has 0 aliphatic rings. The normalized spacial score (nSPS) is 11.2. The van der Waals surface area contributed by atoms with Crippen LogP contribution in [0.25, 0.3) is 28.2 Å². The Bertz CT molecular complexity index is 1140. The number of nitrogens with one attached hydrogen (secondary N) is 1. The summed E-state index contributed by atoms with van der Waals surface area (Å²) in [6.45, 7) is 0.694. The summed E-state index contributed by atoms with van der Waals surface area (Å²) in [4.78, 5) is 12.1. The lowest BCUT2D eigenvalue weighted by Crippen LogP contribution is -2.01. The smallest absolute Gasteiger partial charge is 0.177 e. The van der Waals surface area contributed by atoms with E-state index in [1.807, 2.05) is 53.3 Å². The molecule has 0 atom stereocenters. The summed E-state index contributed by atoms with van der Waals surface area (Å²) in [5, 5.41) is 8.57. The second kappa shape index (κ2) is 5.96. The van der Waals surface area contributed by atoms with Crippen molar-refractivity contribution >= 4 is 11.2 Å². The summed E-state index contributed by atoms with van der Waals surface area (Å²) in [5.41, 5.74) is 4.94. The summed E-state index contributed by atoms with van der Waals surface area (Å²) < 4.78 is 3.63. The van der Waals surface area contributed by atoms with Crippen LogP contribution in [-0.4, -0.2) is 34.5 Å². The third kappa shape index (κ3) is 2.55. The first kappa shape index (κ1) is 14.6. The summed E-state index contributed by atoms with van der Waals surface area (Å²) in [6, 6.07) is 18.3. The molecule has 26 heavy (non-hydrogen) atoms. The fraction of sp³-hybridized carbons (Fsp3) is 0.0526. The summed E-state index contributed by atoms with van der Waals surface area (Å²) in [6.07, 6.45) is 5.01. The fourth-order valence-corrected chi connectivity index (χ4v) is 2.97. The summed E-state index contributed by atoms with van der Waals surface area (Å²) in [7, 11) is 0. The van der Waals surface area contributed by atoms with E-state index in [1.54, 1.807) is 11.0 Å². The van der Waals surface area contributed by atoms with Crippen LogP contribution >= 0.6 is 0 Å². The Hall–Kier alpha value is -3.74. The molecule has 7 nitrogen and oxygen atoms in total. The van der Waals surface area contributed by atoms with Crippen molar-refractivity contribution in [1.82, 2.24) is 34.5 Å². The van der Waals surface area contributed by atoms with Gasteiger partial charge in [0.1, 0.15) is 24.0 Å². The average molecular weight is 341 g/mol. The molecule has 0 radical (unpaired) electrons. The van der Waals surface area contributed by atoms with Crippen molar-refractivity contribution < 1.29 is 0 Å². The molecule has 0 aliphatic heterocycles. The molecule has 5 rings (SSSR count). The Balaban J connectivity index is 1.46. The molecule has 1 N–H and O–H groups in total. The van der Waals surface area contributed by atoms with Crippen LogP contribution in [0.3, 0.4) is 0 Å². The van der Waals surface area contributed by atoms with E-state index in [0.29, 0.717) is 6.54 Å². The van der Waals surface area contributed by atoms with Crippen LogP contribution in [0.1, 0.15) is 5.56 Å². The molecule has 0 spiro atoms. The summed E-state index contributed by atoms with van der Waals surface area (Å²) >= 11 is 0. The van der Waals surface area contributed by atoms with E-state index in [4.69, 9.17) is 4.98 Å². The van der Waals surface area contributed by atoms with Crippen molar-refractivity contribution in [2.45, 2.75) is 6.54 Å². The van der Waals surface area contributed by atoms with Gasteiger partial charge in [0.15, 0.2) is 5.65 Å². The van der Waals surface area contributed by atoms with E-state index < -0.39 is 0 Å². The molecule has 5 aromatic rings. The number of aromatic nitrogens is 7. The van der Waals surface area contributed by atoms with Crippen LogP contribution < -0.4 is 0 Å². The van der Waals surface area contributed by atoms with Gasteiger partial charge in [-0.2, -0.15) is 10.2 Å². The lowest BCUT2D eigenvalue weighted by molar-refractivity contribution is 0.705. The van der Waals surface area contributed by atoms with Crippen molar-refractivity contribution in [2.75, 3.05) is 0 Å². The molecule has 0 saturated carbocycles. The second-order valence-corrected chi connectivity index (χ2v) is 6.00. The van der Waals surface area contributed by atoms with Crippen LogP contribution in [0.4, 0.5) is 0 Å². The topological polar surface area (TPSA) is 77.2 Å². The average Bonchev–Trinajstić information content (AvgIpc) is 3.42. The quantitative estimate of drug-likeness (QED) is 0.545. The van der Waals surface area contributed by atoms with Gasteiger partial charge in [0.05, 0.1) is 18.4 Å². The predicted molar refractivity (Wildman–Crippen MR) is 97.8 cm³/mol. The number of rotatable bonds is 4. The number of H-pyrrole nitrogens is 1. The Morgan fingerprint density at radius 1 is 0.923 bits per heavy atom. The first-order valence-corrected chi connectivity index (χ1v) is 8.28. The lowest BCUT2D eigenvalue weighted by atomic mass is 10.2. The molecule has 0 amide bonds. The first-order valence-electron chi connectivity index (χ1n) is 8.28. The Morgan fingerprint density at radius 2 is 1.77 bits per heavy atom. The fourth-order valence-electron chi connectivity index (χ4n) is 2.97. The van der Waals surface area contributed by atoms with E-state index in [2.05, 4.69) is 32.3 Å². The number of aromatic amines is 1. The van der Waals surface area contributed by atoms with Gasteiger partial charge < -0.3 is 4.98 Å². The standard InChI is InChI=1S/C19H15N7/c1-2-4-14(5-3-1)11-25-19-17(10-21-25)23-18(24-19)15-6-8-16(9-7-15)26-13-20-12-22-26/h1-10,12-13H,11H2,(H,23,24). The molecule has 126 valence electrons. The van der Waals surface area contributed by atoms with Crippen LogP contribution in [0, 0.1) is 0 Å². The summed E-state index contributed by atoms with van der Waals surface area (Å²) in [5.74, 6) is 0.823. The zero-order valence-corrected chi connectivity index (χ0v) is 13.8. The number of nitrogens with zero attached hydrogens (tertiary/aromatic N) is 6. The minimum atomic E-state index is 0.694. The number of benzene rings is 2. The molecular weight excluding hydrogens is 326 g/mol. The molecule has 7 heteroatoms. The van der Waals surface area contributed by atoms with Crippen LogP contribution in [0.2, 0.25) is 0 Å². The van der Waals surface area contributed by atoms with Gasteiger partial charge in [0, 0.05) is 5.56 Å². The molecule has 0 saturated heterocycles. The second-order valence-electron chi connectivity index (χ2n) is 6.00. The number of fused-ring (bicyclic) bond motifs is 1. The Labute approximate surface area is 149 Å². The van der Waals surface area contributed by atoms with Gasteiger partial charge in [-0.15, -0.1) is 0 Å². The van der Waals surface area contributed by atoms with Gasteiger partial charge in [-0.25, -0.2) is 19.3 Å². The first-order chi connectivity index (χ1) is 12.9. The van der Waals surface area contributed by atoms with Crippen molar-refractivity contribution in [3.63, 3.8) is 0 Å². The number of hydrogen-bond donors (Lipinski definition) is 1. The lowest BCUT2D eigenvalue weighted by Gasteiger charge is -2.02. The minimum Gasteiger partial charge on any atom is -0.335 e. The molecule has 2 aromatic carbocycles. The van der Waals surface area contributed by atoms with E-state index in [1.165, 1.54) is 11.9 Å². The van der Waals surface area contributed by atoms with E-state index in [0.717, 1.165) is 28.2 Å². The minimum absolute atomic E-state index is 0.694. The highest BCUT2D eigenvalue weighted by molar-refractivity contribution is 5.76. The van der Waals surface area contributed by atoms with Gasteiger partial charge in [-0.1, -0.05) is 30.3 Å². The van der Waals surface area contributed by atoms with Crippen molar-refractivity contribution in [3.8, 4) is 17.1 Å². The Kier molecular flexibility index (Phi) is 3.35. The van der Waals surface area contributed by atoms with Crippen LogP contribution in [0.5, 0.6) is 0 Å². The largest absolute Gasteiger partial charge is 0.335 e. The maximum atomic E-state index is 4.74. The van der Waals surface area contributed by atoms with Crippen LogP contribution in [0.15, 0.2) is 73.4 Å². The van der Waals surface area contributed by atoms with Crippen LogP contribution in [-0.2, 0) is 6.54 Å². The van der Waals surface area contributed by atoms with Crippen molar-refractivity contribution in [1.29, 1.82) is 0 Å². The number of hydrogen-bond acceptors (Lipinski definition) is 4. The molecule has 0 unspecified atom stereocenters. The van der Waals surface area contributed by atoms with Gasteiger partial charge in [-0.3, -0.25) is 0 Å². The zero-order chi connectivity index (χ0) is 17.3. The molecule has 3 aromatic heterocycles. The highest BCUT2D eigenvalue weighted by atomic mass is 15.3. The number of imidazole rings is 1. The molecule has 0 bridgehead atoms. The maximum Gasteiger partial charge on any atom is 0.177 e. The van der Waals surface area contributed by atoms with Gasteiger partial charge in [-0.05, 0) is 29.8 Å². The molecular formula is C19H15N7. The third-order valence-electron chi connectivity index (χ3n) is 4.28. The van der Waals surface area contributed by atoms with E-state index in [-0.39, 0.29) is 0 Å². The van der Waals surface area contributed by atoms with Crippen molar-refractivity contribution in [3.05, 3.63) is 79.0 Å². The maximum absolute atomic E-state index is 4.74. The molecule has 0 aliphatic carbocycles. The van der Waals surface area contributed by atoms with Crippen molar-refractivity contribution in [2.24, 2.45) is 0 Å². The predicted octanol–water partition coefficient (Wildman–Crippen LogP) is 3.06. The molecule has 0 fully saturated rings. The van der Waals surface area contributed by atoms with E-state index in [9.17, 15) is 0 Å². The monoisotopic (exact) mass is 341 g/mol.